The van der Waals surface area contributed by atoms with Crippen LogP contribution in [-0.4, -0.2) is 31.8 Å². The van der Waals surface area contributed by atoms with Crippen molar-refractivity contribution in [3.8, 4) is 0 Å². The van der Waals surface area contributed by atoms with E-state index < -0.39 is 44.9 Å². The van der Waals surface area contributed by atoms with E-state index in [9.17, 15) is 19.2 Å². The van der Waals surface area contributed by atoms with Gasteiger partial charge >= 0.3 is 11.7 Å². The summed E-state index contributed by atoms with van der Waals surface area (Å²) in [4.78, 5) is 47.8. The molecule has 0 bridgehead atoms. The van der Waals surface area contributed by atoms with Crippen LogP contribution in [0.2, 0.25) is 0 Å². The summed E-state index contributed by atoms with van der Waals surface area (Å²) in [6.07, 6.45) is 0.208. The van der Waals surface area contributed by atoms with Crippen LogP contribution in [-0.2, 0) is 23.6 Å². The molecule has 2 rings (SSSR count). The first kappa shape index (κ1) is 17.6. The van der Waals surface area contributed by atoms with E-state index in [1.54, 1.807) is 0 Å². The molecule has 0 aliphatic heterocycles. The van der Waals surface area contributed by atoms with E-state index in [2.05, 4.69) is 0 Å². The number of hydrogen-bond donors (Lipinski definition) is 1. The summed E-state index contributed by atoms with van der Waals surface area (Å²) in [7, 11) is 2.54. The van der Waals surface area contributed by atoms with Gasteiger partial charge in [-0.1, -0.05) is 0 Å². The van der Waals surface area contributed by atoms with Crippen LogP contribution in [0.3, 0.4) is 0 Å². The molecule has 23 heavy (non-hydrogen) atoms. The van der Waals surface area contributed by atoms with Crippen LogP contribution in [0.5, 0.6) is 0 Å². The minimum atomic E-state index is -1.22. The maximum absolute atomic E-state index is 12.2. The highest BCUT2D eigenvalue weighted by Crippen LogP contribution is 2.64. The second-order valence-corrected chi connectivity index (χ2v) is 7.16. The minimum absolute atomic E-state index is 0.208. The van der Waals surface area contributed by atoms with Gasteiger partial charge in [0.1, 0.15) is 21.1 Å². The number of carbonyl (C=O) groups is 2. The Hall–Kier alpha value is -1.80. The van der Waals surface area contributed by atoms with Crippen molar-refractivity contribution in [3.05, 3.63) is 26.4 Å². The third-order valence-corrected chi connectivity index (χ3v) is 5.13. The van der Waals surface area contributed by atoms with Gasteiger partial charge in [0, 0.05) is 20.5 Å². The predicted molar refractivity (Wildman–Crippen MR) is 83.8 cm³/mol. The summed E-state index contributed by atoms with van der Waals surface area (Å²) in [5.74, 6) is -1.84. The molecule has 1 aliphatic carbocycles. The average Bonchev–Trinajstić information content (AvgIpc) is 3.00. The number of carbonyl (C=O) groups excluding carboxylic acids is 2. The fraction of sp³-hybridized carbons (Fsp3) is 0.538. The second kappa shape index (κ2) is 5.38. The topological polar surface area (TPSA) is 113 Å². The van der Waals surface area contributed by atoms with Crippen molar-refractivity contribution in [1.29, 1.82) is 0 Å². The van der Waals surface area contributed by atoms with Crippen molar-refractivity contribution >= 4 is 40.8 Å². The quantitative estimate of drug-likeness (QED) is 0.456. The van der Waals surface area contributed by atoms with Gasteiger partial charge in [-0.2, -0.15) is 0 Å². The number of ketones is 1. The lowest BCUT2D eigenvalue weighted by Gasteiger charge is -2.13. The summed E-state index contributed by atoms with van der Waals surface area (Å²) >= 11 is 11.7. The molecule has 1 aromatic heterocycles. The number of halogens is 2. The smallest absolute Gasteiger partial charge is 0.332 e. The molecule has 1 aliphatic rings. The highest BCUT2D eigenvalue weighted by molar-refractivity contribution is 6.53. The number of hydrogen-bond acceptors (Lipinski definition) is 6. The molecule has 2 N–H and O–H groups in total. The fourth-order valence-electron chi connectivity index (χ4n) is 2.11. The van der Waals surface area contributed by atoms with Gasteiger partial charge in [-0.25, -0.2) is 4.79 Å². The molecule has 0 radical (unpaired) electrons. The zero-order chi connectivity index (χ0) is 17.7. The van der Waals surface area contributed by atoms with Gasteiger partial charge in [-0.15, -0.1) is 23.2 Å². The number of nitrogen functional groups attached to an aromatic ring is 1. The van der Waals surface area contributed by atoms with Gasteiger partial charge in [0.05, 0.1) is 0 Å². The van der Waals surface area contributed by atoms with Crippen LogP contribution in [0, 0.1) is 5.41 Å². The molecule has 0 saturated heterocycles. The van der Waals surface area contributed by atoms with E-state index in [1.165, 1.54) is 21.0 Å². The Kier molecular flexibility index (Phi) is 4.11. The van der Waals surface area contributed by atoms with Crippen LogP contribution in [0.4, 0.5) is 5.82 Å². The monoisotopic (exact) mass is 363 g/mol. The maximum Gasteiger partial charge on any atom is 0.332 e. The van der Waals surface area contributed by atoms with Crippen molar-refractivity contribution in [1.82, 2.24) is 9.13 Å². The molecule has 0 amide bonds. The van der Waals surface area contributed by atoms with Gasteiger partial charge in [0.2, 0.25) is 5.78 Å². The van der Waals surface area contributed by atoms with Crippen LogP contribution < -0.4 is 17.0 Å². The zero-order valence-electron chi connectivity index (χ0n) is 12.7. The van der Waals surface area contributed by atoms with Crippen molar-refractivity contribution in [2.45, 2.75) is 17.7 Å². The Balaban J connectivity index is 2.22. The van der Waals surface area contributed by atoms with Crippen molar-refractivity contribution in [3.63, 3.8) is 0 Å². The van der Waals surface area contributed by atoms with E-state index in [1.807, 2.05) is 0 Å². The fourth-order valence-corrected chi connectivity index (χ4v) is 2.79. The first-order valence-corrected chi connectivity index (χ1v) is 7.33. The number of alkyl halides is 2. The SMILES string of the molecule is Cn1c(N)c(C(=O)COC(=O)[C@]2(C)CC2(Cl)Cl)c(=O)n(C)c1=O. The number of anilines is 1. The number of aromatic nitrogens is 2. The Labute approximate surface area is 140 Å². The number of Topliss-reactive ketones (excluding diaryl/α,β-unsaturated/α-hetero) is 1. The molecule has 1 saturated carbocycles. The van der Waals surface area contributed by atoms with E-state index in [4.69, 9.17) is 33.7 Å². The number of ether oxygens (including phenoxy) is 1. The first-order chi connectivity index (χ1) is 10.4. The largest absolute Gasteiger partial charge is 0.457 e. The van der Waals surface area contributed by atoms with Crippen LogP contribution >= 0.6 is 23.2 Å². The standard InChI is InChI=1S/C13H15Cl2N3O5/c1-12(5-13(12,14)15)10(21)23-4-6(19)7-8(16)17(2)11(22)18(3)9(7)20/h4-5,16H2,1-3H3/t12-/m0/s1. The van der Waals surface area contributed by atoms with Gasteiger partial charge in [-0.3, -0.25) is 23.5 Å². The van der Waals surface area contributed by atoms with E-state index >= 15 is 0 Å². The Morgan fingerprint density at radius 2 is 1.78 bits per heavy atom. The molecular weight excluding hydrogens is 349 g/mol. The minimum Gasteiger partial charge on any atom is -0.457 e. The average molecular weight is 364 g/mol. The number of rotatable bonds is 4. The lowest BCUT2D eigenvalue weighted by molar-refractivity contribution is -0.148. The summed E-state index contributed by atoms with van der Waals surface area (Å²) in [5, 5.41) is 0. The third-order valence-electron chi connectivity index (χ3n) is 4.03. The molecule has 1 heterocycles. The van der Waals surface area contributed by atoms with E-state index in [-0.39, 0.29) is 12.2 Å². The number of nitrogens with two attached hydrogens (primary N) is 1. The molecule has 126 valence electrons. The number of esters is 1. The molecule has 8 nitrogen and oxygen atoms in total. The van der Waals surface area contributed by atoms with Gasteiger partial charge in [0.15, 0.2) is 6.61 Å². The van der Waals surface area contributed by atoms with Crippen molar-refractivity contribution < 1.29 is 14.3 Å². The number of nitrogens with zero attached hydrogens (tertiary/aromatic N) is 2. The molecular formula is C13H15Cl2N3O5. The molecule has 0 spiro atoms. The second-order valence-electron chi connectivity index (χ2n) is 5.68. The molecule has 0 aromatic carbocycles. The Bertz CT molecular complexity index is 826. The molecule has 1 fully saturated rings. The van der Waals surface area contributed by atoms with Gasteiger partial charge in [0.25, 0.3) is 5.56 Å². The lowest BCUT2D eigenvalue weighted by atomic mass is 10.1. The molecule has 10 heteroatoms. The Morgan fingerprint density at radius 1 is 1.26 bits per heavy atom. The van der Waals surface area contributed by atoms with Crippen LogP contribution in [0.25, 0.3) is 0 Å². The maximum atomic E-state index is 12.2. The highest BCUT2D eigenvalue weighted by atomic mass is 35.5. The van der Waals surface area contributed by atoms with E-state index in [0.29, 0.717) is 0 Å². The normalized spacial score (nSPS) is 21.8. The summed E-state index contributed by atoms with van der Waals surface area (Å²) in [6.45, 7) is 0.815. The van der Waals surface area contributed by atoms with Gasteiger partial charge < -0.3 is 10.5 Å². The van der Waals surface area contributed by atoms with Crippen molar-refractivity contribution in [2.24, 2.45) is 19.5 Å². The van der Waals surface area contributed by atoms with E-state index in [0.717, 1.165) is 9.13 Å². The summed E-state index contributed by atoms with van der Waals surface area (Å²) < 4.78 is 5.37. The Morgan fingerprint density at radius 3 is 2.26 bits per heavy atom. The predicted octanol–water partition coefficient (Wildman–Crippen LogP) is -0.0240. The van der Waals surface area contributed by atoms with Crippen molar-refractivity contribution in [2.75, 3.05) is 12.3 Å². The van der Waals surface area contributed by atoms with Crippen LogP contribution in [0.1, 0.15) is 23.7 Å². The summed E-state index contributed by atoms with van der Waals surface area (Å²) in [6, 6.07) is 0. The lowest BCUT2D eigenvalue weighted by Crippen LogP contribution is -2.42. The first-order valence-electron chi connectivity index (χ1n) is 6.58. The zero-order valence-corrected chi connectivity index (χ0v) is 14.2. The molecule has 1 aromatic rings. The molecule has 1 atom stereocenters. The van der Waals surface area contributed by atoms with Crippen LogP contribution in [0.15, 0.2) is 9.59 Å². The molecule has 0 unspecified atom stereocenters. The highest BCUT2D eigenvalue weighted by Gasteiger charge is 2.69. The van der Waals surface area contributed by atoms with Gasteiger partial charge in [-0.05, 0) is 6.92 Å². The summed E-state index contributed by atoms with van der Waals surface area (Å²) in [5.41, 5.74) is 2.63. The third kappa shape index (κ3) is 2.66.